The molecule has 0 aromatic rings. The predicted molar refractivity (Wildman–Crippen MR) is 123 cm³/mol. The first kappa shape index (κ1) is 23.9. The van der Waals surface area contributed by atoms with Gasteiger partial charge in [0.05, 0.1) is 37.4 Å². The van der Waals surface area contributed by atoms with E-state index in [1.54, 1.807) is 0 Å². The molecule has 0 bridgehead atoms. The van der Waals surface area contributed by atoms with E-state index in [1.165, 1.54) is 6.42 Å². The smallest absolute Gasteiger partial charge is 0.306 e. The lowest BCUT2D eigenvalue weighted by molar-refractivity contribution is -0.342. The van der Waals surface area contributed by atoms with E-state index in [2.05, 4.69) is 20.8 Å². The number of carboxylic acid groups (broad SMARTS) is 1. The van der Waals surface area contributed by atoms with Crippen molar-refractivity contribution in [3.63, 3.8) is 0 Å². The summed E-state index contributed by atoms with van der Waals surface area (Å²) < 4.78 is 32.1. The molecule has 2 aliphatic heterocycles. The van der Waals surface area contributed by atoms with E-state index >= 15 is 0 Å². The highest BCUT2D eigenvalue weighted by Crippen LogP contribution is 2.47. The third-order valence-corrected chi connectivity index (χ3v) is 7.59. The van der Waals surface area contributed by atoms with Gasteiger partial charge in [-0.3, -0.25) is 4.79 Å². The number of hydrogen-bond acceptors (Lipinski definition) is 6. The fourth-order valence-corrected chi connectivity index (χ4v) is 6.12. The quantitative estimate of drug-likeness (QED) is 0.379. The molecule has 2 saturated heterocycles. The van der Waals surface area contributed by atoms with Gasteiger partial charge in [-0.05, 0) is 51.7 Å². The van der Waals surface area contributed by atoms with Crippen molar-refractivity contribution in [1.29, 1.82) is 1.34 Å². The van der Waals surface area contributed by atoms with Gasteiger partial charge in [-0.15, -0.1) is 0 Å². The first-order chi connectivity index (χ1) is 15.3. The maximum Gasteiger partial charge on any atom is 0.306 e. The number of rotatable bonds is 10. The van der Waals surface area contributed by atoms with E-state index in [0.717, 1.165) is 70.5 Å². The molecule has 0 aromatic carbocycles. The fourth-order valence-electron chi connectivity index (χ4n) is 5.81. The van der Waals surface area contributed by atoms with Gasteiger partial charge in [0.1, 0.15) is 0 Å². The van der Waals surface area contributed by atoms with Crippen LogP contribution in [0.4, 0.5) is 0 Å². The molecule has 3 aliphatic rings. The van der Waals surface area contributed by atoms with Crippen LogP contribution in [0.15, 0.2) is 0 Å². The number of carboxylic acids is 1. The summed E-state index contributed by atoms with van der Waals surface area (Å²) in [4.78, 5) is 11.2. The van der Waals surface area contributed by atoms with Crippen LogP contribution in [0.3, 0.4) is 0 Å². The van der Waals surface area contributed by atoms with Gasteiger partial charge in [-0.25, -0.2) is 0 Å². The van der Waals surface area contributed by atoms with Gasteiger partial charge in [0.25, 0.3) is 0 Å². The Hall–Kier alpha value is -0.275. The van der Waals surface area contributed by atoms with Gasteiger partial charge in [0, 0.05) is 18.8 Å². The van der Waals surface area contributed by atoms with Crippen LogP contribution in [0, 0.1) is 17.8 Å². The summed E-state index contributed by atoms with van der Waals surface area (Å²) in [5.74, 6) is 0.232. The van der Waals surface area contributed by atoms with Gasteiger partial charge in [0.2, 0.25) is 7.09 Å². The zero-order chi connectivity index (χ0) is 23.1. The molecular weight excluding hydrogens is 415 g/mol. The summed E-state index contributed by atoms with van der Waals surface area (Å²) in [6.07, 6.45) is 8.35. The Morgan fingerprint density at radius 1 is 1.26 bits per heavy atom. The second kappa shape index (κ2) is 11.7. The van der Waals surface area contributed by atoms with E-state index in [1.807, 2.05) is 0 Å². The van der Waals surface area contributed by atoms with Crippen LogP contribution in [0.25, 0.3) is 0 Å². The lowest BCUT2D eigenvalue weighted by atomic mass is 9.72. The number of carbonyl (C=O) groups is 1. The normalized spacial score (nSPS) is 38.1. The van der Waals surface area contributed by atoms with Crippen LogP contribution in [0.5, 0.6) is 0 Å². The Labute approximate surface area is 194 Å². The fraction of sp³-hybridized carbons (Fsp3) is 0.957. The molecule has 8 heteroatoms. The topological polar surface area (TPSA) is 74.2 Å². The standard InChI is InChI=1S/C23H40BO6S/c1-15(2)21-8-7-16(3)14-23(21)27-10-9-19(29-23)11-17-5-4-6-18(28-17)12-20(30-31-24)13-22(25)26/h15-21,24H,4-14H2,1-3H3,(H,25,26)/t16-,17-,18+,19+,20-,21+,23+/m1/s1/i24T. The summed E-state index contributed by atoms with van der Waals surface area (Å²) in [7, 11) is 1.08. The second-order valence-corrected chi connectivity index (χ2v) is 10.5. The van der Waals surface area contributed by atoms with Crippen molar-refractivity contribution in [3.05, 3.63) is 0 Å². The molecule has 7 atom stereocenters. The van der Waals surface area contributed by atoms with E-state index in [9.17, 15) is 4.79 Å². The van der Waals surface area contributed by atoms with Crippen molar-refractivity contribution in [2.75, 3.05) is 6.61 Å². The zero-order valence-electron chi connectivity index (χ0n) is 20.3. The number of hydrogen-bond donors (Lipinski definition) is 1. The highest BCUT2D eigenvalue weighted by Gasteiger charge is 2.50. The lowest BCUT2D eigenvalue weighted by Gasteiger charge is -2.51. The maximum absolute atomic E-state index is 11.2. The minimum absolute atomic E-state index is 0.0173. The van der Waals surface area contributed by atoms with Crippen LogP contribution < -0.4 is 0 Å². The molecule has 1 spiro atoms. The van der Waals surface area contributed by atoms with Gasteiger partial charge in [-0.2, -0.15) is 0 Å². The Bertz CT molecular complexity index is 599. The molecule has 0 amide bonds. The molecule has 6 nitrogen and oxygen atoms in total. The van der Waals surface area contributed by atoms with Gasteiger partial charge >= 0.3 is 5.97 Å². The van der Waals surface area contributed by atoms with Crippen LogP contribution in [0.2, 0.25) is 0 Å². The molecule has 2 heterocycles. The van der Waals surface area contributed by atoms with Crippen molar-refractivity contribution in [3.8, 4) is 0 Å². The highest BCUT2D eigenvalue weighted by molar-refractivity contribution is 8.15. The molecular formula is C23H40BO6S. The van der Waals surface area contributed by atoms with Crippen LogP contribution >= 0.6 is 11.9 Å². The minimum Gasteiger partial charge on any atom is -0.481 e. The molecule has 31 heavy (non-hydrogen) atoms. The molecule has 0 aromatic heterocycles. The minimum atomic E-state index is -0.893. The summed E-state index contributed by atoms with van der Waals surface area (Å²) in [6.45, 7) is 7.60. The first-order valence-corrected chi connectivity index (χ1v) is 12.8. The molecule has 3 rings (SSSR count). The molecule has 1 radical (unpaired) electrons. The van der Waals surface area contributed by atoms with Crippen molar-refractivity contribution in [1.82, 2.24) is 0 Å². The Kier molecular flexibility index (Phi) is 9.03. The second-order valence-electron chi connectivity index (χ2n) is 10.1. The molecule has 1 aliphatic carbocycles. The van der Waals surface area contributed by atoms with Gasteiger partial charge < -0.3 is 23.5 Å². The van der Waals surface area contributed by atoms with Crippen LogP contribution in [0.1, 0.15) is 85.0 Å². The number of aliphatic carboxylic acids is 1. The van der Waals surface area contributed by atoms with E-state index in [-0.39, 0.29) is 24.7 Å². The van der Waals surface area contributed by atoms with Gasteiger partial charge in [0.15, 0.2) is 5.79 Å². The Morgan fingerprint density at radius 3 is 2.81 bits per heavy atom. The predicted octanol–water partition coefficient (Wildman–Crippen LogP) is 4.62. The van der Waals surface area contributed by atoms with Crippen molar-refractivity contribution < 1.29 is 28.3 Å². The largest absolute Gasteiger partial charge is 0.481 e. The molecule has 177 valence electrons. The van der Waals surface area contributed by atoms with Gasteiger partial charge in [-0.1, -0.05) is 39.1 Å². The first-order valence-electron chi connectivity index (χ1n) is 12.6. The maximum atomic E-state index is 11.2. The SMILES string of the molecule is [3H][B]SO[C@@H](CC(=O)O)C[C@@H]1CCC[C@H](C[C@@H]2CCO[C@@]3(C[C@H](C)CC[C@H]3C(C)C)O2)O1. The van der Waals surface area contributed by atoms with Crippen molar-refractivity contribution in [2.45, 2.75) is 115 Å². The third kappa shape index (κ3) is 7.10. The molecule has 0 unspecified atom stereocenters. The van der Waals surface area contributed by atoms with Crippen LogP contribution in [-0.4, -0.2) is 56.3 Å². The zero-order valence-corrected chi connectivity index (χ0v) is 20.1. The lowest BCUT2D eigenvalue weighted by Crippen LogP contribution is -2.55. The van der Waals surface area contributed by atoms with Crippen LogP contribution in [-0.2, 0) is 23.2 Å². The number of ether oxygens (including phenoxy) is 3. The molecule has 3 fully saturated rings. The highest BCUT2D eigenvalue weighted by atomic mass is 32.2. The molecule has 1 saturated carbocycles. The third-order valence-electron chi connectivity index (χ3n) is 7.21. The average Bonchev–Trinajstić information content (AvgIpc) is 2.71. The van der Waals surface area contributed by atoms with E-state index < -0.39 is 17.9 Å². The summed E-state index contributed by atoms with van der Waals surface area (Å²) >= 11 is 0.880. The summed E-state index contributed by atoms with van der Waals surface area (Å²) in [6, 6.07) is 0. The Balaban J connectivity index is 1.56. The average molecular weight is 457 g/mol. The van der Waals surface area contributed by atoms with Crippen molar-refractivity contribution in [2.24, 2.45) is 17.8 Å². The van der Waals surface area contributed by atoms with E-state index in [4.69, 9.17) is 24.8 Å². The summed E-state index contributed by atoms with van der Waals surface area (Å²) in [5.41, 5.74) is 0. The van der Waals surface area contributed by atoms with Crippen molar-refractivity contribution >= 4 is 25.0 Å². The summed E-state index contributed by atoms with van der Waals surface area (Å²) in [5, 5.41) is 9.17. The Morgan fingerprint density at radius 2 is 2.06 bits per heavy atom. The van der Waals surface area contributed by atoms with E-state index in [0.29, 0.717) is 24.2 Å². The molecule has 1 N–H and O–H groups in total. The monoisotopic (exact) mass is 457 g/mol.